The van der Waals surface area contributed by atoms with E-state index >= 15 is 0 Å². The zero-order valence-corrected chi connectivity index (χ0v) is 16.5. The lowest BCUT2D eigenvalue weighted by molar-refractivity contribution is 0.291. The minimum Gasteiger partial charge on any atom is -0.376 e. The molecule has 0 fully saturated rings. The maximum absolute atomic E-state index is 12.7. The van der Waals surface area contributed by atoms with Crippen LogP contribution in [0.15, 0.2) is 59.5 Å². The molecule has 0 saturated heterocycles. The maximum atomic E-state index is 12.7. The van der Waals surface area contributed by atoms with Gasteiger partial charge in [0.1, 0.15) is 18.1 Å². The molecule has 0 radical (unpaired) electrons. The van der Waals surface area contributed by atoms with Crippen LogP contribution in [0.2, 0.25) is 0 Å². The van der Waals surface area contributed by atoms with E-state index in [0.29, 0.717) is 40.2 Å². The number of aliphatic hydroxyl groups is 1. The molecule has 150 valence electrons. The first-order chi connectivity index (χ1) is 14.6. The fourth-order valence-corrected chi connectivity index (χ4v) is 3.61. The molecular formula is C23H21N5O2. The number of aromatic nitrogens is 3. The molecule has 0 aliphatic heterocycles. The number of nitriles is 1. The van der Waals surface area contributed by atoms with Gasteiger partial charge in [-0.2, -0.15) is 5.26 Å². The van der Waals surface area contributed by atoms with E-state index in [2.05, 4.69) is 21.0 Å². The van der Waals surface area contributed by atoms with Crippen molar-refractivity contribution in [3.63, 3.8) is 0 Å². The van der Waals surface area contributed by atoms with E-state index in [4.69, 9.17) is 0 Å². The van der Waals surface area contributed by atoms with Gasteiger partial charge < -0.3 is 20.0 Å². The van der Waals surface area contributed by atoms with Gasteiger partial charge in [-0.1, -0.05) is 30.3 Å². The van der Waals surface area contributed by atoms with E-state index in [1.165, 1.54) is 0 Å². The van der Waals surface area contributed by atoms with Crippen LogP contribution < -0.4 is 10.5 Å². The lowest BCUT2D eigenvalue weighted by Crippen LogP contribution is -2.29. The summed E-state index contributed by atoms with van der Waals surface area (Å²) in [4.78, 5) is 25.0. The molecule has 2 aromatic carbocycles. The Morgan fingerprint density at radius 2 is 2.00 bits per heavy atom. The molecule has 0 amide bonds. The van der Waals surface area contributed by atoms with Crippen LogP contribution in [-0.2, 0) is 6.42 Å². The Morgan fingerprint density at radius 3 is 2.73 bits per heavy atom. The highest BCUT2D eigenvalue weighted by Gasteiger charge is 2.19. The van der Waals surface area contributed by atoms with E-state index in [1.54, 1.807) is 29.3 Å². The van der Waals surface area contributed by atoms with E-state index < -0.39 is 0 Å². The predicted octanol–water partition coefficient (Wildman–Crippen LogP) is 3.10. The molecule has 3 N–H and O–H groups in total. The summed E-state index contributed by atoms with van der Waals surface area (Å²) in [6, 6.07) is 17.4. The second kappa shape index (κ2) is 8.23. The number of hydrogen-bond donors (Lipinski definition) is 3. The number of H-pyrrole nitrogens is 2. The molecule has 4 aromatic rings. The summed E-state index contributed by atoms with van der Waals surface area (Å²) in [5.74, 6) is 0.401. The molecular weight excluding hydrogens is 378 g/mol. The number of aromatic amines is 2. The van der Waals surface area contributed by atoms with Crippen molar-refractivity contribution in [1.82, 2.24) is 15.0 Å². The number of aliphatic hydroxyl groups excluding tert-OH is 1. The van der Waals surface area contributed by atoms with E-state index in [1.807, 2.05) is 37.3 Å². The first kappa shape index (κ1) is 19.4. The molecule has 0 bridgehead atoms. The van der Waals surface area contributed by atoms with Crippen LogP contribution in [0, 0.1) is 18.3 Å². The third-order valence-electron chi connectivity index (χ3n) is 5.11. The smallest absolute Gasteiger partial charge is 0.261 e. The van der Waals surface area contributed by atoms with E-state index in [-0.39, 0.29) is 12.3 Å². The van der Waals surface area contributed by atoms with Gasteiger partial charge in [0.15, 0.2) is 0 Å². The van der Waals surface area contributed by atoms with Crippen LogP contribution in [0.25, 0.3) is 22.4 Å². The third kappa shape index (κ3) is 3.69. The monoisotopic (exact) mass is 399 g/mol. The van der Waals surface area contributed by atoms with Crippen molar-refractivity contribution < 1.29 is 5.11 Å². The van der Waals surface area contributed by atoms with Crippen LogP contribution in [0.4, 0.5) is 5.69 Å². The Balaban J connectivity index is 1.76. The van der Waals surface area contributed by atoms with E-state index in [9.17, 15) is 15.2 Å². The van der Waals surface area contributed by atoms with Crippen molar-refractivity contribution in [2.24, 2.45) is 0 Å². The Kier molecular flexibility index (Phi) is 5.33. The van der Waals surface area contributed by atoms with Gasteiger partial charge in [-0.05, 0) is 42.7 Å². The zero-order chi connectivity index (χ0) is 21.1. The fraction of sp³-hybridized carbons (Fsp3) is 0.174. The van der Waals surface area contributed by atoms with Crippen LogP contribution in [0.5, 0.6) is 0 Å². The lowest BCUT2D eigenvalue weighted by Gasteiger charge is -2.23. The normalized spacial score (nSPS) is 10.8. The number of rotatable bonds is 6. The van der Waals surface area contributed by atoms with Crippen molar-refractivity contribution in [3.05, 3.63) is 81.8 Å². The SMILES string of the molecule is Cc1cc(C#N)cc2[nH]c(-c3c(N(CO)CCc4ccccc4)cc[nH]c3=O)nc12. The summed E-state index contributed by atoms with van der Waals surface area (Å²) in [5.41, 5.74) is 4.56. The largest absolute Gasteiger partial charge is 0.376 e. The number of aryl methyl sites for hydroxylation is 1. The number of fused-ring (bicyclic) bond motifs is 1. The molecule has 0 atom stereocenters. The van der Waals surface area contributed by atoms with Gasteiger partial charge in [0.05, 0.1) is 28.4 Å². The first-order valence-electron chi connectivity index (χ1n) is 9.63. The van der Waals surface area contributed by atoms with Gasteiger partial charge in [-0.3, -0.25) is 4.79 Å². The standard InChI is InChI=1S/C23H21N5O2/c1-15-11-17(13-24)12-18-21(15)27-22(26-18)20-19(7-9-25-23(20)30)28(14-29)10-8-16-5-3-2-4-6-16/h2-7,9,11-12,29H,8,10,14H2,1H3,(H,25,30)(H,26,27). The summed E-state index contributed by atoms with van der Waals surface area (Å²) in [7, 11) is 0. The molecule has 4 rings (SSSR count). The maximum Gasteiger partial charge on any atom is 0.261 e. The highest BCUT2D eigenvalue weighted by Crippen LogP contribution is 2.28. The number of benzene rings is 2. The zero-order valence-electron chi connectivity index (χ0n) is 16.5. The van der Waals surface area contributed by atoms with Gasteiger partial charge in [0, 0.05) is 12.7 Å². The van der Waals surface area contributed by atoms with Crippen molar-refractivity contribution in [3.8, 4) is 17.5 Å². The van der Waals surface area contributed by atoms with Crippen molar-refractivity contribution in [1.29, 1.82) is 5.26 Å². The third-order valence-corrected chi connectivity index (χ3v) is 5.11. The molecule has 0 aliphatic rings. The van der Waals surface area contributed by atoms with Crippen LogP contribution >= 0.6 is 0 Å². The molecule has 7 nitrogen and oxygen atoms in total. The van der Waals surface area contributed by atoms with Gasteiger partial charge in [0.25, 0.3) is 5.56 Å². The van der Waals surface area contributed by atoms with Crippen LogP contribution in [0.3, 0.4) is 0 Å². The molecule has 0 aliphatic carbocycles. The van der Waals surface area contributed by atoms with Crippen LogP contribution in [0.1, 0.15) is 16.7 Å². The molecule has 30 heavy (non-hydrogen) atoms. The fourth-order valence-electron chi connectivity index (χ4n) is 3.61. The lowest BCUT2D eigenvalue weighted by atomic mass is 10.1. The number of pyridine rings is 1. The molecule has 2 heterocycles. The topological polar surface area (TPSA) is 109 Å². The molecule has 0 unspecified atom stereocenters. The summed E-state index contributed by atoms with van der Waals surface area (Å²) in [6.45, 7) is 2.18. The van der Waals surface area contributed by atoms with Crippen LogP contribution in [-0.4, -0.2) is 33.3 Å². The second-order valence-corrected chi connectivity index (χ2v) is 7.09. The Labute approximate surface area is 173 Å². The van der Waals surface area contributed by atoms with Gasteiger partial charge in [0.2, 0.25) is 0 Å². The highest BCUT2D eigenvalue weighted by molar-refractivity contribution is 5.86. The minimum atomic E-state index is -0.303. The molecule has 2 aromatic heterocycles. The number of nitrogens with one attached hydrogen (secondary N) is 2. The summed E-state index contributed by atoms with van der Waals surface area (Å²) < 4.78 is 0. The molecule has 0 spiro atoms. The van der Waals surface area contributed by atoms with E-state index in [0.717, 1.165) is 17.5 Å². The number of anilines is 1. The number of imidazole rings is 1. The van der Waals surface area contributed by atoms with Crippen molar-refractivity contribution >= 4 is 16.7 Å². The molecule has 7 heteroatoms. The highest BCUT2D eigenvalue weighted by atomic mass is 16.3. The summed E-state index contributed by atoms with van der Waals surface area (Å²) >= 11 is 0. The Bertz CT molecular complexity index is 1280. The molecule has 0 saturated carbocycles. The van der Waals surface area contributed by atoms with Gasteiger partial charge >= 0.3 is 0 Å². The Morgan fingerprint density at radius 1 is 1.20 bits per heavy atom. The van der Waals surface area contributed by atoms with Gasteiger partial charge in [-0.15, -0.1) is 0 Å². The Hall–Kier alpha value is -3.89. The minimum absolute atomic E-state index is 0.235. The van der Waals surface area contributed by atoms with Crippen molar-refractivity contribution in [2.75, 3.05) is 18.2 Å². The quantitative estimate of drug-likeness (QED) is 0.432. The summed E-state index contributed by atoms with van der Waals surface area (Å²) in [5, 5.41) is 19.2. The first-order valence-corrected chi connectivity index (χ1v) is 9.63. The average Bonchev–Trinajstić information content (AvgIpc) is 3.19. The van der Waals surface area contributed by atoms with Gasteiger partial charge in [-0.25, -0.2) is 4.98 Å². The predicted molar refractivity (Wildman–Crippen MR) is 116 cm³/mol. The second-order valence-electron chi connectivity index (χ2n) is 7.09. The van der Waals surface area contributed by atoms with Crippen molar-refractivity contribution in [2.45, 2.75) is 13.3 Å². The number of hydrogen-bond acceptors (Lipinski definition) is 5. The number of nitrogens with zero attached hydrogens (tertiary/aromatic N) is 3. The average molecular weight is 399 g/mol. The summed E-state index contributed by atoms with van der Waals surface area (Å²) in [6.07, 6.45) is 2.28.